The molecule has 4 nitrogen and oxygen atoms in total. The second kappa shape index (κ2) is 5.60. The number of hydrogen-bond donors (Lipinski definition) is 1. The van der Waals surface area contributed by atoms with Gasteiger partial charge in [-0.15, -0.1) is 0 Å². The number of aryl methyl sites for hydroxylation is 1. The van der Waals surface area contributed by atoms with Crippen LogP contribution >= 0.6 is 0 Å². The van der Waals surface area contributed by atoms with E-state index in [-0.39, 0.29) is 0 Å². The molecule has 0 aliphatic carbocycles. The van der Waals surface area contributed by atoms with Gasteiger partial charge in [0.1, 0.15) is 0 Å². The maximum absolute atomic E-state index is 5.42. The SMILES string of the molecule is COc1cnc(C)cc1NC1CC2CCCC(C1)N2C. The van der Waals surface area contributed by atoms with E-state index in [1.807, 2.05) is 13.1 Å². The minimum Gasteiger partial charge on any atom is -0.493 e. The average Bonchev–Trinajstić information content (AvgIpc) is 2.40. The van der Waals surface area contributed by atoms with Gasteiger partial charge >= 0.3 is 0 Å². The van der Waals surface area contributed by atoms with Crippen LogP contribution in [0, 0.1) is 6.92 Å². The highest BCUT2D eigenvalue weighted by Gasteiger charge is 2.36. The lowest BCUT2D eigenvalue weighted by Gasteiger charge is -2.47. The predicted octanol–water partition coefficient (Wildman–Crippen LogP) is 2.83. The van der Waals surface area contributed by atoms with E-state index >= 15 is 0 Å². The van der Waals surface area contributed by atoms with Crippen LogP contribution in [-0.2, 0) is 0 Å². The molecule has 20 heavy (non-hydrogen) atoms. The van der Waals surface area contributed by atoms with Crippen molar-refractivity contribution < 1.29 is 4.74 Å². The van der Waals surface area contributed by atoms with Crippen LogP contribution in [0.5, 0.6) is 5.75 Å². The highest BCUT2D eigenvalue weighted by Crippen LogP contribution is 2.35. The van der Waals surface area contributed by atoms with Gasteiger partial charge < -0.3 is 15.0 Å². The van der Waals surface area contributed by atoms with E-state index in [2.05, 4.69) is 28.3 Å². The number of nitrogens with zero attached hydrogens (tertiary/aromatic N) is 2. The molecule has 2 atom stereocenters. The Balaban J connectivity index is 1.74. The third-order valence-corrected chi connectivity index (χ3v) is 4.92. The molecule has 1 aromatic rings. The number of piperidine rings is 2. The number of fused-ring (bicyclic) bond motifs is 2. The summed E-state index contributed by atoms with van der Waals surface area (Å²) in [5.41, 5.74) is 2.12. The first-order chi connectivity index (χ1) is 9.67. The van der Waals surface area contributed by atoms with E-state index in [1.165, 1.54) is 32.1 Å². The number of aromatic nitrogens is 1. The van der Waals surface area contributed by atoms with Crippen molar-refractivity contribution in [2.75, 3.05) is 19.5 Å². The smallest absolute Gasteiger partial charge is 0.160 e. The van der Waals surface area contributed by atoms with Crippen LogP contribution in [0.2, 0.25) is 0 Å². The maximum Gasteiger partial charge on any atom is 0.160 e. The fourth-order valence-corrected chi connectivity index (χ4v) is 3.78. The normalized spacial score (nSPS) is 30.1. The molecule has 0 saturated carbocycles. The summed E-state index contributed by atoms with van der Waals surface area (Å²) in [6.45, 7) is 2.02. The summed E-state index contributed by atoms with van der Waals surface area (Å²) in [5.74, 6) is 0.847. The Morgan fingerprint density at radius 1 is 1.30 bits per heavy atom. The van der Waals surface area contributed by atoms with Gasteiger partial charge in [0.05, 0.1) is 19.0 Å². The minimum absolute atomic E-state index is 0.553. The molecule has 3 heterocycles. The van der Waals surface area contributed by atoms with E-state index in [1.54, 1.807) is 7.11 Å². The van der Waals surface area contributed by atoms with Crippen LogP contribution < -0.4 is 10.1 Å². The summed E-state index contributed by atoms with van der Waals surface area (Å²) < 4.78 is 5.42. The molecule has 0 aromatic carbocycles. The van der Waals surface area contributed by atoms with E-state index in [0.717, 1.165) is 29.2 Å². The summed E-state index contributed by atoms with van der Waals surface area (Å²) in [6.07, 6.45) is 8.36. The number of hydrogen-bond acceptors (Lipinski definition) is 4. The average molecular weight is 275 g/mol. The van der Waals surface area contributed by atoms with Gasteiger partial charge in [0.15, 0.2) is 5.75 Å². The molecule has 3 rings (SSSR count). The maximum atomic E-state index is 5.42. The van der Waals surface area contributed by atoms with Crippen LogP contribution in [0.4, 0.5) is 5.69 Å². The number of nitrogens with one attached hydrogen (secondary N) is 1. The van der Waals surface area contributed by atoms with Crippen molar-refractivity contribution in [3.63, 3.8) is 0 Å². The molecule has 2 saturated heterocycles. The van der Waals surface area contributed by atoms with E-state index in [0.29, 0.717) is 6.04 Å². The molecule has 1 aromatic heterocycles. The number of methoxy groups -OCH3 is 1. The summed E-state index contributed by atoms with van der Waals surface area (Å²) >= 11 is 0. The first-order valence-electron chi connectivity index (χ1n) is 7.66. The molecular weight excluding hydrogens is 250 g/mol. The summed E-state index contributed by atoms with van der Waals surface area (Å²) in [6, 6.07) is 4.13. The Bertz CT molecular complexity index is 463. The standard InChI is InChI=1S/C16H25N3O/c1-11-7-15(16(20-3)10-17-11)18-12-8-13-5-4-6-14(9-12)19(13)2/h7,10,12-14H,4-6,8-9H2,1-3H3,(H,17,18). The van der Waals surface area contributed by atoms with Crippen LogP contribution in [0.1, 0.15) is 37.8 Å². The van der Waals surface area contributed by atoms with Crippen molar-refractivity contribution in [3.8, 4) is 5.75 Å². The van der Waals surface area contributed by atoms with Gasteiger partial charge in [-0.1, -0.05) is 6.42 Å². The van der Waals surface area contributed by atoms with Gasteiger partial charge in [0.2, 0.25) is 0 Å². The van der Waals surface area contributed by atoms with Gasteiger partial charge in [0.25, 0.3) is 0 Å². The van der Waals surface area contributed by atoms with Gasteiger partial charge in [-0.2, -0.15) is 0 Å². The van der Waals surface area contributed by atoms with Crippen molar-refractivity contribution in [2.24, 2.45) is 0 Å². The zero-order chi connectivity index (χ0) is 14.1. The largest absolute Gasteiger partial charge is 0.493 e. The summed E-state index contributed by atoms with van der Waals surface area (Å²) in [4.78, 5) is 6.89. The molecule has 110 valence electrons. The molecule has 2 unspecified atom stereocenters. The third kappa shape index (κ3) is 2.62. The van der Waals surface area contributed by atoms with Crippen LogP contribution in [0.25, 0.3) is 0 Å². The van der Waals surface area contributed by atoms with E-state index in [4.69, 9.17) is 4.74 Å². The van der Waals surface area contributed by atoms with Crippen LogP contribution in [-0.4, -0.2) is 42.2 Å². The quantitative estimate of drug-likeness (QED) is 0.920. The molecule has 2 aliphatic rings. The first-order valence-corrected chi connectivity index (χ1v) is 7.66. The van der Waals surface area contributed by atoms with Crippen LogP contribution in [0.3, 0.4) is 0 Å². The lowest BCUT2D eigenvalue weighted by Crippen LogP contribution is -2.52. The Kier molecular flexibility index (Phi) is 3.83. The lowest BCUT2D eigenvalue weighted by atomic mass is 9.82. The second-order valence-corrected chi connectivity index (χ2v) is 6.24. The van der Waals surface area contributed by atoms with Crippen molar-refractivity contribution in [3.05, 3.63) is 18.0 Å². The monoisotopic (exact) mass is 275 g/mol. The number of ether oxygens (including phenoxy) is 1. The summed E-state index contributed by atoms with van der Waals surface area (Å²) in [5, 5.41) is 3.70. The molecule has 0 spiro atoms. The van der Waals surface area contributed by atoms with Crippen LogP contribution in [0.15, 0.2) is 12.3 Å². The fraction of sp³-hybridized carbons (Fsp3) is 0.688. The van der Waals surface area contributed by atoms with Gasteiger partial charge in [-0.05, 0) is 45.7 Å². The van der Waals surface area contributed by atoms with Crippen molar-refractivity contribution in [1.29, 1.82) is 0 Å². The predicted molar refractivity (Wildman–Crippen MR) is 81.4 cm³/mol. The lowest BCUT2D eigenvalue weighted by molar-refractivity contribution is 0.0608. The van der Waals surface area contributed by atoms with E-state index < -0.39 is 0 Å². The Hall–Kier alpha value is -1.29. The fourth-order valence-electron chi connectivity index (χ4n) is 3.78. The Labute approximate surface area is 121 Å². The highest BCUT2D eigenvalue weighted by molar-refractivity contribution is 5.56. The van der Waals surface area contributed by atoms with Crippen molar-refractivity contribution >= 4 is 5.69 Å². The van der Waals surface area contributed by atoms with Gasteiger partial charge in [0, 0.05) is 23.8 Å². The van der Waals surface area contributed by atoms with Gasteiger partial charge in [-0.3, -0.25) is 4.98 Å². The zero-order valence-corrected chi connectivity index (χ0v) is 12.7. The molecule has 2 bridgehead atoms. The zero-order valence-electron chi connectivity index (χ0n) is 12.7. The molecule has 0 radical (unpaired) electrons. The topological polar surface area (TPSA) is 37.4 Å². The summed E-state index contributed by atoms with van der Waals surface area (Å²) in [7, 11) is 4.00. The molecule has 0 amide bonds. The molecule has 2 aliphatic heterocycles. The highest BCUT2D eigenvalue weighted by atomic mass is 16.5. The van der Waals surface area contributed by atoms with E-state index in [9.17, 15) is 0 Å². The van der Waals surface area contributed by atoms with Gasteiger partial charge in [-0.25, -0.2) is 0 Å². The molecule has 1 N–H and O–H groups in total. The Morgan fingerprint density at radius 3 is 2.65 bits per heavy atom. The molecule has 2 fully saturated rings. The third-order valence-electron chi connectivity index (χ3n) is 4.92. The number of rotatable bonds is 3. The first kappa shape index (κ1) is 13.7. The van der Waals surface area contributed by atoms with Crippen molar-refractivity contribution in [2.45, 2.75) is 57.2 Å². The van der Waals surface area contributed by atoms with Crippen molar-refractivity contribution in [1.82, 2.24) is 9.88 Å². The minimum atomic E-state index is 0.553. The molecule has 4 heteroatoms. The Morgan fingerprint density at radius 2 is 2.00 bits per heavy atom. The second-order valence-electron chi connectivity index (χ2n) is 6.24. The number of pyridine rings is 1. The number of anilines is 1. The molecular formula is C16H25N3O.